The second kappa shape index (κ2) is 10.1. The first-order valence-corrected chi connectivity index (χ1v) is 11.4. The second-order valence-corrected chi connectivity index (χ2v) is 8.84. The molecule has 2 heterocycles. The van der Waals surface area contributed by atoms with E-state index < -0.39 is 6.03 Å². The summed E-state index contributed by atoms with van der Waals surface area (Å²) in [6.07, 6.45) is 0. The van der Waals surface area contributed by atoms with Crippen molar-refractivity contribution in [2.45, 2.75) is 19.5 Å². The van der Waals surface area contributed by atoms with Gasteiger partial charge in [0.15, 0.2) is 0 Å². The van der Waals surface area contributed by atoms with E-state index in [0.29, 0.717) is 13.1 Å². The van der Waals surface area contributed by atoms with Gasteiger partial charge >= 0.3 is 6.03 Å². The lowest BCUT2D eigenvalue weighted by molar-refractivity contribution is -0.132. The van der Waals surface area contributed by atoms with Crippen molar-refractivity contribution >= 4 is 33.5 Å². The Hall–Kier alpha value is -3.04. The zero-order valence-corrected chi connectivity index (χ0v) is 18.7. The van der Waals surface area contributed by atoms with E-state index in [1.165, 1.54) is 16.8 Å². The third-order valence-electron chi connectivity index (χ3n) is 5.65. The summed E-state index contributed by atoms with van der Waals surface area (Å²) in [7, 11) is 0. The van der Waals surface area contributed by atoms with Gasteiger partial charge in [0.1, 0.15) is 10.8 Å². The van der Waals surface area contributed by atoms with Gasteiger partial charge in [0.25, 0.3) is 0 Å². The van der Waals surface area contributed by atoms with Gasteiger partial charge in [-0.3, -0.25) is 9.69 Å². The van der Waals surface area contributed by atoms with E-state index >= 15 is 0 Å². The molecule has 2 N–H and O–H groups in total. The molecule has 2 aromatic carbocycles. The molecule has 0 spiro atoms. The lowest BCUT2D eigenvalue weighted by atomic mass is 10.2. The van der Waals surface area contributed by atoms with E-state index in [9.17, 15) is 14.0 Å². The molecule has 1 unspecified atom stereocenters. The number of fused-ring (bicyclic) bond motifs is 1. The van der Waals surface area contributed by atoms with Crippen molar-refractivity contribution in [2.75, 3.05) is 32.7 Å². The Labute approximate surface area is 190 Å². The molecule has 1 saturated heterocycles. The molecule has 0 aliphatic carbocycles. The molecule has 3 aromatic rings. The SMILES string of the molecule is CC(c1nc2ccccc2s1)N1CCN(C(=O)CNC(=O)NCc2ccc(F)cc2)CC1. The number of benzene rings is 2. The van der Waals surface area contributed by atoms with Crippen LogP contribution in [0.2, 0.25) is 0 Å². The lowest BCUT2D eigenvalue weighted by Crippen LogP contribution is -2.52. The maximum absolute atomic E-state index is 12.9. The van der Waals surface area contributed by atoms with E-state index in [2.05, 4.69) is 28.5 Å². The van der Waals surface area contributed by atoms with Gasteiger partial charge in [0, 0.05) is 32.7 Å². The smallest absolute Gasteiger partial charge is 0.315 e. The topological polar surface area (TPSA) is 77.6 Å². The molecule has 3 amide bonds. The van der Waals surface area contributed by atoms with Crippen molar-refractivity contribution in [3.05, 3.63) is 64.9 Å². The van der Waals surface area contributed by atoms with Crippen LogP contribution in [-0.4, -0.2) is 59.4 Å². The number of nitrogens with zero attached hydrogens (tertiary/aromatic N) is 3. The van der Waals surface area contributed by atoms with E-state index in [1.54, 1.807) is 28.4 Å². The highest BCUT2D eigenvalue weighted by Gasteiger charge is 2.26. The van der Waals surface area contributed by atoms with Gasteiger partial charge < -0.3 is 15.5 Å². The number of hydrogen-bond donors (Lipinski definition) is 2. The number of urea groups is 1. The fourth-order valence-corrected chi connectivity index (χ4v) is 4.75. The molecule has 9 heteroatoms. The monoisotopic (exact) mass is 455 g/mol. The first-order chi connectivity index (χ1) is 15.5. The summed E-state index contributed by atoms with van der Waals surface area (Å²) < 4.78 is 14.1. The first-order valence-electron chi connectivity index (χ1n) is 10.6. The number of carbonyl (C=O) groups excluding carboxylic acids is 2. The minimum Gasteiger partial charge on any atom is -0.339 e. The summed E-state index contributed by atoms with van der Waals surface area (Å²) in [6, 6.07) is 13.8. The third kappa shape index (κ3) is 5.41. The van der Waals surface area contributed by atoms with Gasteiger partial charge in [-0.05, 0) is 36.8 Å². The van der Waals surface area contributed by atoms with Crippen LogP contribution < -0.4 is 10.6 Å². The Morgan fingerprint density at radius 1 is 1.06 bits per heavy atom. The summed E-state index contributed by atoms with van der Waals surface area (Å²) in [6.45, 7) is 5.13. The Morgan fingerprint density at radius 2 is 1.78 bits per heavy atom. The van der Waals surface area contributed by atoms with Crippen LogP contribution in [0.25, 0.3) is 10.2 Å². The van der Waals surface area contributed by atoms with Gasteiger partial charge in [-0.1, -0.05) is 24.3 Å². The normalized spacial score (nSPS) is 15.5. The zero-order chi connectivity index (χ0) is 22.5. The van der Waals surface area contributed by atoms with Crippen LogP contribution in [0.1, 0.15) is 23.5 Å². The highest BCUT2D eigenvalue weighted by atomic mass is 32.1. The van der Waals surface area contributed by atoms with Gasteiger partial charge in [-0.15, -0.1) is 11.3 Å². The predicted molar refractivity (Wildman–Crippen MR) is 123 cm³/mol. The molecular weight excluding hydrogens is 429 g/mol. The number of amides is 3. The molecule has 1 aliphatic rings. The summed E-state index contributed by atoms with van der Waals surface area (Å²) in [4.78, 5) is 33.3. The van der Waals surface area contributed by atoms with E-state index in [1.807, 2.05) is 18.2 Å². The number of rotatable bonds is 6. The molecule has 1 aromatic heterocycles. The van der Waals surface area contributed by atoms with Crippen molar-refractivity contribution in [2.24, 2.45) is 0 Å². The Kier molecular flexibility index (Phi) is 6.96. The molecule has 4 rings (SSSR count). The number of halogens is 1. The van der Waals surface area contributed by atoms with E-state index in [4.69, 9.17) is 4.98 Å². The highest BCUT2D eigenvalue weighted by Crippen LogP contribution is 2.29. The average Bonchev–Trinajstić information content (AvgIpc) is 3.26. The van der Waals surface area contributed by atoms with Crippen LogP contribution in [0.5, 0.6) is 0 Å². The van der Waals surface area contributed by atoms with Gasteiger partial charge in [0.2, 0.25) is 5.91 Å². The molecule has 0 radical (unpaired) electrons. The van der Waals surface area contributed by atoms with Crippen LogP contribution in [0, 0.1) is 5.82 Å². The van der Waals surface area contributed by atoms with Crippen LogP contribution in [0.15, 0.2) is 48.5 Å². The second-order valence-electron chi connectivity index (χ2n) is 7.78. The molecule has 7 nitrogen and oxygen atoms in total. The Balaban J connectivity index is 1.20. The number of piperazine rings is 1. The average molecular weight is 456 g/mol. The van der Waals surface area contributed by atoms with Crippen molar-refractivity contribution in [3.8, 4) is 0 Å². The maximum Gasteiger partial charge on any atom is 0.315 e. The minimum atomic E-state index is -0.425. The number of para-hydroxylation sites is 1. The van der Waals surface area contributed by atoms with Crippen molar-refractivity contribution in [1.82, 2.24) is 25.4 Å². The first kappa shape index (κ1) is 22.2. The molecule has 0 bridgehead atoms. The summed E-state index contributed by atoms with van der Waals surface area (Å²) in [5, 5.41) is 6.36. The predicted octanol–water partition coefficient (Wildman–Crippen LogP) is 3.14. The maximum atomic E-state index is 12.9. The van der Waals surface area contributed by atoms with E-state index in [-0.39, 0.29) is 30.9 Å². The van der Waals surface area contributed by atoms with Gasteiger partial charge in [-0.2, -0.15) is 0 Å². The standard InChI is InChI=1S/C23H26FN5O2S/c1-16(22-27-19-4-2-3-5-20(19)32-22)28-10-12-29(13-11-28)21(30)15-26-23(31)25-14-17-6-8-18(24)9-7-17/h2-9,16H,10-15H2,1H3,(H2,25,26,31). The third-order valence-corrected chi connectivity index (χ3v) is 6.86. The molecule has 32 heavy (non-hydrogen) atoms. The molecule has 1 fully saturated rings. The zero-order valence-electron chi connectivity index (χ0n) is 17.9. The Bertz CT molecular complexity index is 1050. The van der Waals surface area contributed by atoms with Crippen LogP contribution >= 0.6 is 11.3 Å². The fraction of sp³-hybridized carbons (Fsp3) is 0.348. The summed E-state index contributed by atoms with van der Waals surface area (Å²) in [5.74, 6) is -0.424. The summed E-state index contributed by atoms with van der Waals surface area (Å²) in [5.41, 5.74) is 1.81. The highest BCUT2D eigenvalue weighted by molar-refractivity contribution is 7.18. The van der Waals surface area contributed by atoms with Crippen molar-refractivity contribution in [1.29, 1.82) is 0 Å². The quantitative estimate of drug-likeness (QED) is 0.599. The lowest BCUT2D eigenvalue weighted by Gasteiger charge is -2.37. The largest absolute Gasteiger partial charge is 0.339 e. The van der Waals surface area contributed by atoms with Crippen LogP contribution in [0.3, 0.4) is 0 Å². The van der Waals surface area contributed by atoms with Crippen LogP contribution in [-0.2, 0) is 11.3 Å². The fourth-order valence-electron chi connectivity index (χ4n) is 3.70. The molecular formula is C23H26FN5O2S. The van der Waals surface area contributed by atoms with Gasteiger partial charge in [-0.25, -0.2) is 14.2 Å². The number of carbonyl (C=O) groups is 2. The molecule has 168 valence electrons. The van der Waals surface area contributed by atoms with Crippen molar-refractivity contribution < 1.29 is 14.0 Å². The number of aromatic nitrogens is 1. The molecule has 1 aliphatic heterocycles. The Morgan fingerprint density at radius 3 is 2.50 bits per heavy atom. The number of thiazole rings is 1. The summed E-state index contributed by atoms with van der Waals surface area (Å²) >= 11 is 1.71. The molecule has 1 atom stereocenters. The molecule has 0 saturated carbocycles. The van der Waals surface area contributed by atoms with Crippen LogP contribution in [0.4, 0.5) is 9.18 Å². The number of nitrogens with one attached hydrogen (secondary N) is 2. The van der Waals surface area contributed by atoms with E-state index in [0.717, 1.165) is 29.2 Å². The number of hydrogen-bond acceptors (Lipinski definition) is 5. The minimum absolute atomic E-state index is 0.0529. The van der Waals surface area contributed by atoms with Gasteiger partial charge in [0.05, 0.1) is 22.8 Å². The van der Waals surface area contributed by atoms with Crippen molar-refractivity contribution in [3.63, 3.8) is 0 Å².